The van der Waals surface area contributed by atoms with E-state index >= 15 is 0 Å². The van der Waals surface area contributed by atoms with Crippen molar-refractivity contribution in [3.8, 4) is 11.3 Å². The van der Waals surface area contributed by atoms with Gasteiger partial charge >= 0.3 is 0 Å². The van der Waals surface area contributed by atoms with E-state index in [2.05, 4.69) is 41.5 Å². The molecule has 5 nitrogen and oxygen atoms in total. The smallest absolute Gasteiger partial charge is 0.235 e. The van der Waals surface area contributed by atoms with E-state index in [4.69, 9.17) is 5.73 Å². The first-order chi connectivity index (χ1) is 12.9. The lowest BCUT2D eigenvalue weighted by molar-refractivity contribution is -0.135. The van der Waals surface area contributed by atoms with Crippen molar-refractivity contribution < 1.29 is 9.59 Å². The number of H-pyrrole nitrogens is 1. The highest BCUT2D eigenvalue weighted by atomic mass is 16.2. The van der Waals surface area contributed by atoms with Crippen molar-refractivity contribution in [1.82, 2.24) is 10.3 Å². The molecule has 138 valence electrons. The predicted octanol–water partition coefficient (Wildman–Crippen LogP) is 3.33. The average Bonchev–Trinajstić information content (AvgIpc) is 3.41. The average molecular weight is 361 g/mol. The van der Waals surface area contributed by atoms with Gasteiger partial charge in [-0.3, -0.25) is 9.59 Å². The van der Waals surface area contributed by atoms with Gasteiger partial charge in [-0.1, -0.05) is 42.0 Å². The molecule has 0 bridgehead atoms. The second kappa shape index (κ2) is 6.27. The van der Waals surface area contributed by atoms with Crippen LogP contribution in [0.1, 0.15) is 29.5 Å². The van der Waals surface area contributed by atoms with Gasteiger partial charge in [-0.05, 0) is 49.4 Å². The molecule has 0 aliphatic heterocycles. The Morgan fingerprint density at radius 1 is 1.15 bits per heavy atom. The monoisotopic (exact) mass is 361 g/mol. The maximum Gasteiger partial charge on any atom is 0.235 e. The first-order valence-electron chi connectivity index (χ1n) is 9.18. The number of aromatic nitrogens is 1. The van der Waals surface area contributed by atoms with Crippen LogP contribution in [0.5, 0.6) is 0 Å². The molecule has 4 rings (SSSR count). The van der Waals surface area contributed by atoms with Crippen molar-refractivity contribution in [2.75, 3.05) is 0 Å². The summed E-state index contributed by atoms with van der Waals surface area (Å²) < 4.78 is 0. The van der Waals surface area contributed by atoms with E-state index in [1.54, 1.807) is 0 Å². The molecule has 1 fully saturated rings. The van der Waals surface area contributed by atoms with Gasteiger partial charge in [0, 0.05) is 17.6 Å². The Kier molecular flexibility index (Phi) is 4.02. The number of carbonyl (C=O) groups is 2. The molecule has 0 spiro atoms. The van der Waals surface area contributed by atoms with E-state index < -0.39 is 11.3 Å². The molecular formula is C22H23N3O2. The van der Waals surface area contributed by atoms with E-state index in [-0.39, 0.29) is 5.91 Å². The Labute approximate surface area is 158 Å². The fraction of sp³-hybridized carbons (Fsp3) is 0.273. The van der Waals surface area contributed by atoms with Gasteiger partial charge in [-0.2, -0.15) is 0 Å². The molecule has 3 aromatic rings. The van der Waals surface area contributed by atoms with Gasteiger partial charge in [0.1, 0.15) is 5.41 Å². The summed E-state index contributed by atoms with van der Waals surface area (Å²) in [5.74, 6) is -0.798. The topological polar surface area (TPSA) is 88.0 Å². The first-order valence-corrected chi connectivity index (χ1v) is 9.18. The molecule has 4 N–H and O–H groups in total. The molecular weight excluding hydrogens is 338 g/mol. The number of nitrogens with one attached hydrogen (secondary N) is 2. The number of amides is 2. The van der Waals surface area contributed by atoms with Crippen molar-refractivity contribution in [2.24, 2.45) is 11.1 Å². The van der Waals surface area contributed by atoms with Crippen LogP contribution in [0, 0.1) is 19.3 Å². The van der Waals surface area contributed by atoms with Crippen LogP contribution in [-0.2, 0) is 16.1 Å². The lowest BCUT2D eigenvalue weighted by Gasteiger charge is -2.12. The normalized spacial score (nSPS) is 14.9. The van der Waals surface area contributed by atoms with Crippen LogP contribution < -0.4 is 11.1 Å². The van der Waals surface area contributed by atoms with Crippen molar-refractivity contribution in [3.05, 3.63) is 59.2 Å². The summed E-state index contributed by atoms with van der Waals surface area (Å²) in [5.41, 5.74) is 10.9. The largest absolute Gasteiger partial charge is 0.369 e. The summed E-state index contributed by atoms with van der Waals surface area (Å²) in [7, 11) is 0. The van der Waals surface area contributed by atoms with E-state index in [0.717, 1.165) is 33.3 Å². The van der Waals surface area contributed by atoms with Gasteiger partial charge in [0.05, 0.1) is 5.52 Å². The summed E-state index contributed by atoms with van der Waals surface area (Å²) in [5, 5.41) is 4.06. The van der Waals surface area contributed by atoms with Crippen LogP contribution in [0.25, 0.3) is 22.2 Å². The Bertz CT molecular complexity index is 1050. The summed E-state index contributed by atoms with van der Waals surface area (Å²) in [6.45, 7) is 4.51. The van der Waals surface area contributed by atoms with E-state index in [1.165, 1.54) is 5.56 Å². The number of primary amides is 1. The Hall–Kier alpha value is -3.08. The maximum atomic E-state index is 12.4. The van der Waals surface area contributed by atoms with Crippen LogP contribution in [-0.4, -0.2) is 16.8 Å². The second-order valence-electron chi connectivity index (χ2n) is 7.47. The zero-order valence-corrected chi connectivity index (χ0v) is 15.6. The minimum absolute atomic E-state index is 0.267. The second-order valence-corrected chi connectivity index (χ2v) is 7.47. The molecule has 0 atom stereocenters. The van der Waals surface area contributed by atoms with Gasteiger partial charge in [0.15, 0.2) is 0 Å². The number of hydrogen-bond donors (Lipinski definition) is 3. The quantitative estimate of drug-likeness (QED) is 0.609. The van der Waals surface area contributed by atoms with Gasteiger partial charge in [-0.25, -0.2) is 0 Å². The number of carbonyl (C=O) groups excluding carboxylic acids is 2. The summed E-state index contributed by atoms with van der Waals surface area (Å²) >= 11 is 0. The third-order valence-electron chi connectivity index (χ3n) is 5.55. The molecule has 2 amide bonds. The molecule has 1 aliphatic rings. The molecule has 0 unspecified atom stereocenters. The zero-order valence-electron chi connectivity index (χ0n) is 15.6. The fourth-order valence-corrected chi connectivity index (χ4v) is 3.75. The molecule has 0 saturated heterocycles. The van der Waals surface area contributed by atoms with E-state index in [1.807, 2.05) is 25.1 Å². The van der Waals surface area contributed by atoms with Crippen LogP contribution in [0.15, 0.2) is 42.5 Å². The van der Waals surface area contributed by atoms with Crippen LogP contribution in [0.3, 0.4) is 0 Å². The van der Waals surface area contributed by atoms with Crippen molar-refractivity contribution in [3.63, 3.8) is 0 Å². The minimum Gasteiger partial charge on any atom is -0.369 e. The SMILES string of the molecule is Cc1cc(CNC(=O)C2(C(N)=O)CC2)c2[nH]c(-c3ccccc3)c(C)c2c1. The standard InChI is InChI=1S/C22H23N3O2/c1-13-10-16(12-24-21(27)22(8-9-22)20(23)26)19-17(11-13)14(2)18(25-19)15-6-4-3-5-7-15/h3-7,10-11,25H,8-9,12H2,1-2H3,(H2,23,26)(H,24,27). The third-order valence-corrected chi connectivity index (χ3v) is 5.55. The molecule has 1 aromatic heterocycles. The number of hydrogen-bond acceptors (Lipinski definition) is 2. The summed E-state index contributed by atoms with van der Waals surface area (Å²) in [6, 6.07) is 14.4. The Morgan fingerprint density at radius 3 is 2.48 bits per heavy atom. The van der Waals surface area contributed by atoms with Gasteiger partial charge in [-0.15, -0.1) is 0 Å². The fourth-order valence-electron chi connectivity index (χ4n) is 3.75. The van der Waals surface area contributed by atoms with Crippen molar-refractivity contribution in [1.29, 1.82) is 0 Å². The molecule has 27 heavy (non-hydrogen) atoms. The van der Waals surface area contributed by atoms with Crippen LogP contribution >= 0.6 is 0 Å². The molecule has 2 aromatic carbocycles. The van der Waals surface area contributed by atoms with Crippen LogP contribution in [0.4, 0.5) is 0 Å². The summed E-state index contributed by atoms with van der Waals surface area (Å²) in [6.07, 6.45) is 1.08. The molecule has 1 heterocycles. The number of benzene rings is 2. The lowest BCUT2D eigenvalue weighted by Crippen LogP contribution is -2.40. The highest BCUT2D eigenvalue weighted by Gasteiger charge is 2.55. The minimum atomic E-state index is -0.996. The highest BCUT2D eigenvalue weighted by molar-refractivity contribution is 6.07. The first kappa shape index (κ1) is 17.3. The van der Waals surface area contributed by atoms with Gasteiger partial charge in [0.25, 0.3) is 0 Å². The van der Waals surface area contributed by atoms with Crippen molar-refractivity contribution in [2.45, 2.75) is 33.2 Å². The lowest BCUT2D eigenvalue weighted by atomic mass is 10.0. The Balaban J connectivity index is 1.69. The third kappa shape index (κ3) is 2.89. The highest BCUT2D eigenvalue weighted by Crippen LogP contribution is 2.45. The molecule has 1 saturated carbocycles. The van der Waals surface area contributed by atoms with E-state index in [9.17, 15) is 9.59 Å². The van der Waals surface area contributed by atoms with Crippen LogP contribution in [0.2, 0.25) is 0 Å². The number of nitrogens with two attached hydrogens (primary N) is 1. The molecule has 1 aliphatic carbocycles. The van der Waals surface area contributed by atoms with Gasteiger partial charge in [0.2, 0.25) is 11.8 Å². The Morgan fingerprint density at radius 2 is 1.85 bits per heavy atom. The molecule has 5 heteroatoms. The van der Waals surface area contributed by atoms with Gasteiger partial charge < -0.3 is 16.0 Å². The summed E-state index contributed by atoms with van der Waals surface area (Å²) in [4.78, 5) is 27.5. The number of rotatable bonds is 5. The number of aromatic amines is 1. The number of aryl methyl sites for hydroxylation is 2. The zero-order chi connectivity index (χ0) is 19.2. The predicted molar refractivity (Wildman–Crippen MR) is 106 cm³/mol. The van der Waals surface area contributed by atoms with E-state index in [0.29, 0.717) is 19.4 Å². The molecule has 0 radical (unpaired) electrons. The van der Waals surface area contributed by atoms with Crippen molar-refractivity contribution >= 4 is 22.7 Å². The maximum absolute atomic E-state index is 12.4. The number of fused-ring (bicyclic) bond motifs is 1.